The number of anilines is 1. The minimum atomic E-state index is -0.754. The number of amides is 2. The molecular weight excluding hydrogens is 256 g/mol. The molecular formula is C15H20N2O3. The molecule has 1 aliphatic rings. The van der Waals surface area contributed by atoms with Crippen molar-refractivity contribution in [2.45, 2.75) is 38.2 Å². The molecule has 0 spiro atoms. The molecule has 1 saturated carbocycles. The van der Waals surface area contributed by atoms with E-state index in [-0.39, 0.29) is 18.4 Å². The fraction of sp³-hybridized carbons (Fsp3) is 0.467. The molecule has 1 aromatic carbocycles. The molecule has 0 atom stereocenters. The number of aliphatic hydroxyl groups is 1. The molecule has 0 saturated heterocycles. The Morgan fingerprint density at radius 2 is 1.80 bits per heavy atom. The van der Waals surface area contributed by atoms with Crippen LogP contribution < -0.4 is 10.6 Å². The van der Waals surface area contributed by atoms with E-state index in [9.17, 15) is 14.7 Å². The maximum absolute atomic E-state index is 11.7. The van der Waals surface area contributed by atoms with Gasteiger partial charge in [0.25, 0.3) is 0 Å². The quantitative estimate of drug-likeness (QED) is 0.738. The molecule has 0 radical (unpaired) electrons. The summed E-state index contributed by atoms with van der Waals surface area (Å²) in [5.74, 6) is -0.00976. The zero-order valence-corrected chi connectivity index (χ0v) is 11.6. The molecule has 0 heterocycles. The van der Waals surface area contributed by atoms with Gasteiger partial charge in [0.05, 0.1) is 5.60 Å². The average molecular weight is 276 g/mol. The summed E-state index contributed by atoms with van der Waals surface area (Å²) in [5.41, 5.74) is 0.470. The van der Waals surface area contributed by atoms with Gasteiger partial charge in [-0.2, -0.15) is 0 Å². The second kappa shape index (κ2) is 6.05. The summed E-state index contributed by atoms with van der Waals surface area (Å²) in [6, 6.07) is 6.35. The van der Waals surface area contributed by atoms with E-state index in [4.69, 9.17) is 0 Å². The summed E-state index contributed by atoms with van der Waals surface area (Å²) in [6.45, 7) is 1.77. The number of benzene rings is 1. The first-order valence-corrected chi connectivity index (χ1v) is 6.87. The molecule has 5 nitrogen and oxygen atoms in total. The first-order valence-electron chi connectivity index (χ1n) is 6.87. The number of ketones is 1. The number of carbonyl (C=O) groups is 2. The third kappa shape index (κ3) is 3.81. The third-order valence-corrected chi connectivity index (χ3v) is 3.66. The standard InChI is InChI=1S/C15H20N2O3/c1-11(18)12-4-6-13(7-5-12)17-14(19)16-10-15(20)8-2-3-9-15/h4-7,20H,2-3,8-10H2,1H3,(H2,16,17,19). The van der Waals surface area contributed by atoms with Gasteiger partial charge in [-0.3, -0.25) is 4.79 Å². The highest BCUT2D eigenvalue weighted by Gasteiger charge is 2.31. The van der Waals surface area contributed by atoms with E-state index in [2.05, 4.69) is 10.6 Å². The van der Waals surface area contributed by atoms with Gasteiger partial charge in [-0.15, -0.1) is 0 Å². The lowest BCUT2D eigenvalue weighted by atomic mass is 10.0. The van der Waals surface area contributed by atoms with Gasteiger partial charge in [0, 0.05) is 17.8 Å². The second-order valence-corrected chi connectivity index (χ2v) is 5.37. The van der Waals surface area contributed by atoms with Crippen LogP contribution in [0.4, 0.5) is 10.5 Å². The first-order chi connectivity index (χ1) is 9.48. The molecule has 2 amide bonds. The lowest BCUT2D eigenvalue weighted by molar-refractivity contribution is 0.0506. The van der Waals surface area contributed by atoms with Gasteiger partial charge in [-0.1, -0.05) is 12.8 Å². The van der Waals surface area contributed by atoms with Crippen LogP contribution in [0.25, 0.3) is 0 Å². The molecule has 0 aliphatic heterocycles. The number of carbonyl (C=O) groups excluding carboxylic acids is 2. The monoisotopic (exact) mass is 276 g/mol. The summed E-state index contributed by atoms with van der Waals surface area (Å²) in [4.78, 5) is 22.9. The molecule has 0 bridgehead atoms. The van der Waals surface area contributed by atoms with E-state index >= 15 is 0 Å². The predicted molar refractivity (Wildman–Crippen MR) is 76.9 cm³/mol. The van der Waals surface area contributed by atoms with Gasteiger partial charge in [-0.05, 0) is 44.0 Å². The summed E-state index contributed by atoms with van der Waals surface area (Å²) in [5, 5.41) is 15.5. The Labute approximate surface area is 118 Å². The normalized spacial score (nSPS) is 16.7. The van der Waals surface area contributed by atoms with Crippen molar-refractivity contribution in [1.29, 1.82) is 0 Å². The largest absolute Gasteiger partial charge is 0.388 e. The van der Waals surface area contributed by atoms with Crippen molar-refractivity contribution in [3.8, 4) is 0 Å². The Morgan fingerprint density at radius 3 is 2.35 bits per heavy atom. The maximum Gasteiger partial charge on any atom is 0.319 e. The number of hydrogen-bond acceptors (Lipinski definition) is 3. The van der Waals surface area contributed by atoms with Crippen LogP contribution in [-0.4, -0.2) is 29.1 Å². The topological polar surface area (TPSA) is 78.4 Å². The number of urea groups is 1. The number of hydrogen-bond donors (Lipinski definition) is 3. The third-order valence-electron chi connectivity index (χ3n) is 3.66. The van der Waals surface area contributed by atoms with E-state index in [0.29, 0.717) is 11.3 Å². The van der Waals surface area contributed by atoms with Crippen LogP contribution in [0.3, 0.4) is 0 Å². The Balaban J connectivity index is 1.83. The highest BCUT2D eigenvalue weighted by molar-refractivity contribution is 5.95. The molecule has 1 aromatic rings. The smallest absolute Gasteiger partial charge is 0.319 e. The first kappa shape index (κ1) is 14.5. The highest BCUT2D eigenvalue weighted by Crippen LogP contribution is 2.28. The molecule has 1 fully saturated rings. The van der Waals surface area contributed by atoms with Crippen LogP contribution >= 0.6 is 0 Å². The minimum Gasteiger partial charge on any atom is -0.388 e. The van der Waals surface area contributed by atoms with Crippen molar-refractivity contribution < 1.29 is 14.7 Å². The van der Waals surface area contributed by atoms with Crippen molar-refractivity contribution in [3.63, 3.8) is 0 Å². The molecule has 5 heteroatoms. The number of rotatable bonds is 4. The molecule has 0 aromatic heterocycles. The van der Waals surface area contributed by atoms with E-state index < -0.39 is 5.60 Å². The maximum atomic E-state index is 11.7. The zero-order valence-electron chi connectivity index (χ0n) is 11.6. The average Bonchev–Trinajstić information content (AvgIpc) is 2.85. The van der Waals surface area contributed by atoms with Crippen LogP contribution in [0, 0.1) is 0 Å². The van der Waals surface area contributed by atoms with Gasteiger partial charge in [0.15, 0.2) is 5.78 Å². The van der Waals surface area contributed by atoms with Crippen molar-refractivity contribution in [1.82, 2.24) is 5.32 Å². The summed E-state index contributed by atoms with van der Waals surface area (Å²) >= 11 is 0. The van der Waals surface area contributed by atoms with Crippen LogP contribution in [-0.2, 0) is 0 Å². The SMILES string of the molecule is CC(=O)c1ccc(NC(=O)NCC2(O)CCCC2)cc1. The summed E-state index contributed by atoms with van der Waals surface area (Å²) < 4.78 is 0. The van der Waals surface area contributed by atoms with Gasteiger partial charge in [0.1, 0.15) is 0 Å². The fourth-order valence-corrected chi connectivity index (χ4v) is 2.42. The lowest BCUT2D eigenvalue weighted by Crippen LogP contribution is -2.42. The molecule has 108 valence electrons. The fourth-order valence-electron chi connectivity index (χ4n) is 2.42. The minimum absolute atomic E-state index is 0.00976. The Kier molecular flexibility index (Phi) is 4.39. The van der Waals surface area contributed by atoms with E-state index in [1.807, 2.05) is 0 Å². The van der Waals surface area contributed by atoms with E-state index in [0.717, 1.165) is 25.7 Å². The van der Waals surface area contributed by atoms with Crippen LogP contribution in [0.15, 0.2) is 24.3 Å². The highest BCUT2D eigenvalue weighted by atomic mass is 16.3. The number of Topliss-reactive ketones (excluding diaryl/α,β-unsaturated/α-hetero) is 1. The zero-order chi connectivity index (χ0) is 14.6. The predicted octanol–water partition coefficient (Wildman–Crippen LogP) is 2.32. The summed E-state index contributed by atoms with van der Waals surface area (Å²) in [7, 11) is 0. The Hall–Kier alpha value is -1.88. The van der Waals surface area contributed by atoms with E-state index in [1.165, 1.54) is 6.92 Å². The Bertz CT molecular complexity index is 490. The van der Waals surface area contributed by atoms with Crippen molar-refractivity contribution in [3.05, 3.63) is 29.8 Å². The second-order valence-electron chi connectivity index (χ2n) is 5.37. The van der Waals surface area contributed by atoms with Gasteiger partial charge in [0.2, 0.25) is 0 Å². The van der Waals surface area contributed by atoms with Crippen LogP contribution in [0.5, 0.6) is 0 Å². The summed E-state index contributed by atoms with van der Waals surface area (Å²) in [6.07, 6.45) is 3.49. The van der Waals surface area contributed by atoms with Gasteiger partial charge in [-0.25, -0.2) is 4.79 Å². The lowest BCUT2D eigenvalue weighted by Gasteiger charge is -2.22. The van der Waals surface area contributed by atoms with E-state index in [1.54, 1.807) is 24.3 Å². The molecule has 1 aliphatic carbocycles. The van der Waals surface area contributed by atoms with Crippen molar-refractivity contribution in [2.75, 3.05) is 11.9 Å². The molecule has 20 heavy (non-hydrogen) atoms. The van der Waals surface area contributed by atoms with Crippen molar-refractivity contribution >= 4 is 17.5 Å². The number of nitrogens with one attached hydrogen (secondary N) is 2. The molecule has 0 unspecified atom stereocenters. The molecule has 3 N–H and O–H groups in total. The van der Waals surface area contributed by atoms with Crippen molar-refractivity contribution in [2.24, 2.45) is 0 Å². The van der Waals surface area contributed by atoms with Crippen LogP contribution in [0.2, 0.25) is 0 Å². The van der Waals surface area contributed by atoms with Gasteiger partial charge >= 0.3 is 6.03 Å². The van der Waals surface area contributed by atoms with Gasteiger partial charge < -0.3 is 15.7 Å². The Morgan fingerprint density at radius 1 is 1.20 bits per heavy atom. The van der Waals surface area contributed by atoms with Crippen LogP contribution in [0.1, 0.15) is 43.0 Å². The molecule has 2 rings (SSSR count).